The van der Waals surface area contributed by atoms with Crippen LogP contribution in [0.3, 0.4) is 0 Å². The number of aliphatic hydroxyl groups excluding tert-OH is 1. The Hall–Kier alpha value is -1.00. The second kappa shape index (κ2) is 5.55. The lowest BCUT2D eigenvalue weighted by atomic mass is 9.70. The molecule has 0 bridgehead atoms. The number of hydrogen-bond donors (Lipinski definition) is 2. The topological polar surface area (TPSA) is 32.3 Å². The summed E-state index contributed by atoms with van der Waals surface area (Å²) in [7, 11) is 0. The summed E-state index contributed by atoms with van der Waals surface area (Å²) in [6, 6.07) is 8.11. The van der Waals surface area contributed by atoms with Crippen molar-refractivity contribution in [3.8, 4) is 0 Å². The van der Waals surface area contributed by atoms with Gasteiger partial charge in [0.25, 0.3) is 6.43 Å². The zero-order valence-electron chi connectivity index (χ0n) is 11.4. The summed E-state index contributed by atoms with van der Waals surface area (Å²) in [5.41, 5.74) is 2.43. The molecule has 2 unspecified atom stereocenters. The Labute approximate surface area is 112 Å². The van der Waals surface area contributed by atoms with Crippen molar-refractivity contribution in [2.75, 3.05) is 6.54 Å². The van der Waals surface area contributed by atoms with E-state index >= 15 is 0 Å². The molecular weight excluding hydrogens is 248 g/mol. The highest BCUT2D eigenvalue weighted by molar-refractivity contribution is 5.34. The van der Waals surface area contributed by atoms with Crippen molar-refractivity contribution in [2.45, 2.75) is 45.3 Å². The van der Waals surface area contributed by atoms with Crippen molar-refractivity contribution in [3.63, 3.8) is 0 Å². The minimum Gasteiger partial charge on any atom is -0.386 e. The van der Waals surface area contributed by atoms with Crippen LogP contribution in [-0.4, -0.2) is 24.2 Å². The van der Waals surface area contributed by atoms with E-state index in [1.54, 1.807) is 0 Å². The van der Waals surface area contributed by atoms with Gasteiger partial charge in [-0.25, -0.2) is 8.78 Å². The van der Waals surface area contributed by atoms with Gasteiger partial charge in [0.1, 0.15) is 6.10 Å². The van der Waals surface area contributed by atoms with E-state index in [0.717, 1.165) is 12.8 Å². The van der Waals surface area contributed by atoms with Crippen LogP contribution >= 0.6 is 0 Å². The Balaban J connectivity index is 2.16. The van der Waals surface area contributed by atoms with Gasteiger partial charge in [-0.2, -0.15) is 0 Å². The molecule has 0 radical (unpaired) electrons. The number of halogens is 2. The van der Waals surface area contributed by atoms with Crippen molar-refractivity contribution >= 4 is 0 Å². The van der Waals surface area contributed by atoms with Crippen LogP contribution in [0.2, 0.25) is 0 Å². The van der Waals surface area contributed by atoms with Gasteiger partial charge >= 0.3 is 0 Å². The molecule has 1 aliphatic rings. The number of fused-ring (bicyclic) bond motifs is 1. The Morgan fingerprint density at radius 3 is 2.74 bits per heavy atom. The molecule has 0 spiro atoms. The average molecular weight is 269 g/mol. The third-order valence-electron chi connectivity index (χ3n) is 4.01. The normalized spacial score (nSPS) is 23.2. The molecule has 0 saturated heterocycles. The summed E-state index contributed by atoms with van der Waals surface area (Å²) >= 11 is 0. The number of hydrogen-bond acceptors (Lipinski definition) is 2. The fraction of sp³-hybridized carbons (Fsp3) is 0.600. The molecule has 2 nitrogen and oxygen atoms in total. The Morgan fingerprint density at radius 1 is 1.37 bits per heavy atom. The quantitative estimate of drug-likeness (QED) is 0.881. The largest absolute Gasteiger partial charge is 0.386 e. The molecule has 19 heavy (non-hydrogen) atoms. The fourth-order valence-corrected chi connectivity index (χ4v) is 2.78. The van der Waals surface area contributed by atoms with Crippen LogP contribution < -0.4 is 5.32 Å². The van der Waals surface area contributed by atoms with Gasteiger partial charge in [0.15, 0.2) is 0 Å². The summed E-state index contributed by atoms with van der Waals surface area (Å²) in [6.07, 6.45) is -2.29. The zero-order chi connectivity index (χ0) is 14.0. The van der Waals surface area contributed by atoms with Crippen molar-refractivity contribution in [3.05, 3.63) is 35.4 Å². The summed E-state index contributed by atoms with van der Waals surface area (Å²) in [5, 5.41) is 12.4. The highest BCUT2D eigenvalue weighted by Crippen LogP contribution is 2.43. The Kier molecular flexibility index (Phi) is 4.21. The maximum atomic E-state index is 12.4. The molecule has 2 rings (SSSR count). The molecule has 0 aromatic heterocycles. The summed E-state index contributed by atoms with van der Waals surface area (Å²) in [6.45, 7) is 4.19. The van der Waals surface area contributed by atoms with Gasteiger partial charge in [0, 0.05) is 12.6 Å². The maximum absolute atomic E-state index is 12.4. The molecule has 2 atom stereocenters. The van der Waals surface area contributed by atoms with E-state index in [9.17, 15) is 13.9 Å². The van der Waals surface area contributed by atoms with Crippen LogP contribution in [-0.2, 0) is 6.42 Å². The summed E-state index contributed by atoms with van der Waals surface area (Å²) < 4.78 is 24.8. The zero-order valence-corrected chi connectivity index (χ0v) is 11.4. The molecule has 2 N–H and O–H groups in total. The smallest absolute Gasteiger partial charge is 0.265 e. The Bertz CT molecular complexity index is 434. The van der Waals surface area contributed by atoms with Crippen molar-refractivity contribution < 1.29 is 13.9 Å². The molecule has 1 aromatic rings. The highest BCUT2D eigenvalue weighted by atomic mass is 19.3. The number of nitrogens with one attached hydrogen (secondary N) is 1. The van der Waals surface area contributed by atoms with E-state index in [-0.39, 0.29) is 18.0 Å². The van der Waals surface area contributed by atoms with Crippen LogP contribution in [0.25, 0.3) is 0 Å². The first-order valence-corrected chi connectivity index (χ1v) is 6.69. The molecule has 0 aliphatic heterocycles. The maximum Gasteiger partial charge on any atom is 0.265 e. The first-order valence-electron chi connectivity index (χ1n) is 6.69. The van der Waals surface area contributed by atoms with E-state index in [2.05, 4.69) is 25.2 Å². The predicted octanol–water partition coefficient (Wildman–Crippen LogP) is 2.92. The van der Waals surface area contributed by atoms with Gasteiger partial charge < -0.3 is 10.4 Å². The molecule has 0 saturated carbocycles. The van der Waals surface area contributed by atoms with E-state index < -0.39 is 12.5 Å². The highest BCUT2D eigenvalue weighted by Gasteiger charge is 2.36. The molecule has 0 heterocycles. The molecule has 106 valence electrons. The monoisotopic (exact) mass is 269 g/mol. The molecule has 0 fully saturated rings. The summed E-state index contributed by atoms with van der Waals surface area (Å²) in [5.74, 6) is 0. The third kappa shape index (κ3) is 3.12. The fourth-order valence-electron chi connectivity index (χ4n) is 2.78. The number of aryl methyl sites for hydroxylation is 1. The first kappa shape index (κ1) is 14.4. The van der Waals surface area contributed by atoms with Crippen molar-refractivity contribution in [1.29, 1.82) is 0 Å². The van der Waals surface area contributed by atoms with Crippen LogP contribution in [0.5, 0.6) is 0 Å². The van der Waals surface area contributed by atoms with Crippen LogP contribution in [0.1, 0.15) is 37.4 Å². The van der Waals surface area contributed by atoms with Crippen LogP contribution in [0, 0.1) is 5.41 Å². The second-order valence-electron chi connectivity index (χ2n) is 5.93. The molecule has 0 amide bonds. The SMILES string of the molecule is CC1(C)CCc2ccccc2C1NCC(O)C(F)F. The van der Waals surface area contributed by atoms with Gasteiger partial charge in [0.05, 0.1) is 0 Å². The summed E-state index contributed by atoms with van der Waals surface area (Å²) in [4.78, 5) is 0. The number of aliphatic hydroxyl groups is 1. The standard InChI is InChI=1S/C15H21F2NO/c1-15(2)8-7-10-5-3-4-6-11(10)13(15)18-9-12(19)14(16)17/h3-6,12-14,18-19H,7-9H2,1-2H3. The Morgan fingerprint density at radius 2 is 2.05 bits per heavy atom. The number of alkyl halides is 2. The molecule has 4 heteroatoms. The van der Waals surface area contributed by atoms with E-state index in [0.29, 0.717) is 0 Å². The van der Waals surface area contributed by atoms with Crippen LogP contribution in [0.4, 0.5) is 8.78 Å². The van der Waals surface area contributed by atoms with Gasteiger partial charge in [-0.15, -0.1) is 0 Å². The molecular formula is C15H21F2NO. The lowest BCUT2D eigenvalue weighted by Crippen LogP contribution is -2.42. The van der Waals surface area contributed by atoms with Crippen molar-refractivity contribution in [2.24, 2.45) is 5.41 Å². The minimum absolute atomic E-state index is 0.00377. The molecule has 1 aromatic carbocycles. The first-order chi connectivity index (χ1) is 8.92. The van der Waals surface area contributed by atoms with Crippen molar-refractivity contribution in [1.82, 2.24) is 5.32 Å². The van der Waals surface area contributed by atoms with Gasteiger partial charge in [0.2, 0.25) is 0 Å². The van der Waals surface area contributed by atoms with E-state index in [4.69, 9.17) is 0 Å². The van der Waals surface area contributed by atoms with E-state index in [1.807, 2.05) is 18.2 Å². The van der Waals surface area contributed by atoms with Gasteiger partial charge in [-0.3, -0.25) is 0 Å². The minimum atomic E-state index is -2.70. The molecule has 1 aliphatic carbocycles. The third-order valence-corrected chi connectivity index (χ3v) is 4.01. The number of benzene rings is 1. The predicted molar refractivity (Wildman–Crippen MR) is 71.3 cm³/mol. The lowest BCUT2D eigenvalue weighted by molar-refractivity contribution is -0.00759. The average Bonchev–Trinajstić information content (AvgIpc) is 2.36. The lowest BCUT2D eigenvalue weighted by Gasteiger charge is -2.41. The van der Waals surface area contributed by atoms with Crippen LogP contribution in [0.15, 0.2) is 24.3 Å². The van der Waals surface area contributed by atoms with Gasteiger partial charge in [-0.05, 0) is 29.4 Å². The van der Waals surface area contributed by atoms with E-state index in [1.165, 1.54) is 11.1 Å². The second-order valence-corrected chi connectivity index (χ2v) is 5.93. The van der Waals surface area contributed by atoms with Gasteiger partial charge in [-0.1, -0.05) is 38.1 Å². The number of rotatable bonds is 4.